The summed E-state index contributed by atoms with van der Waals surface area (Å²) in [6.07, 6.45) is -4.07. The number of nitriles is 1. The van der Waals surface area contributed by atoms with Crippen LogP contribution in [-0.4, -0.2) is 21.2 Å². The lowest BCUT2D eigenvalue weighted by Gasteiger charge is -2.18. The molecule has 192 valence electrons. The van der Waals surface area contributed by atoms with E-state index in [2.05, 4.69) is 16.4 Å². The summed E-state index contributed by atoms with van der Waals surface area (Å²) >= 11 is 0. The molecule has 2 aromatic heterocycles. The van der Waals surface area contributed by atoms with Crippen molar-refractivity contribution >= 4 is 5.78 Å². The zero-order valence-electron chi connectivity index (χ0n) is 19.9. The van der Waals surface area contributed by atoms with Crippen molar-refractivity contribution in [3.8, 4) is 40.1 Å². The number of hydrogen-bond donors (Lipinski definition) is 1. The monoisotopic (exact) mass is 519 g/mol. The third kappa shape index (κ3) is 4.00. The van der Waals surface area contributed by atoms with Gasteiger partial charge >= 0.3 is 6.18 Å². The average Bonchev–Trinajstić information content (AvgIpc) is 3.33. The summed E-state index contributed by atoms with van der Waals surface area (Å²) in [6.45, 7) is 0. The van der Waals surface area contributed by atoms with Crippen molar-refractivity contribution in [1.82, 2.24) is 10.3 Å². The lowest BCUT2D eigenvalue weighted by molar-refractivity contribution is -0.137. The van der Waals surface area contributed by atoms with E-state index in [0.29, 0.717) is 48.1 Å². The normalized spacial score (nSPS) is 16.3. The van der Waals surface area contributed by atoms with Crippen molar-refractivity contribution < 1.29 is 32.1 Å². The number of nitrogens with zero attached hydrogens (tertiary/aromatic N) is 3. The van der Waals surface area contributed by atoms with Gasteiger partial charge in [0.2, 0.25) is 0 Å². The van der Waals surface area contributed by atoms with Gasteiger partial charge in [0.1, 0.15) is 17.4 Å². The molecule has 4 aromatic rings. The van der Waals surface area contributed by atoms with Crippen LogP contribution in [0.1, 0.15) is 47.6 Å². The Labute approximate surface area is 214 Å². The first-order chi connectivity index (χ1) is 18.2. The van der Waals surface area contributed by atoms with Crippen LogP contribution in [0.4, 0.5) is 13.2 Å². The molecule has 1 fully saturated rings. The van der Waals surface area contributed by atoms with Crippen molar-refractivity contribution in [2.45, 2.75) is 44.4 Å². The van der Waals surface area contributed by atoms with Gasteiger partial charge in [-0.15, -0.1) is 0 Å². The summed E-state index contributed by atoms with van der Waals surface area (Å²) < 4.78 is 53.1. The number of alkyl halides is 3. The van der Waals surface area contributed by atoms with Crippen LogP contribution < -0.4 is 0 Å². The molecule has 7 nitrogen and oxygen atoms in total. The number of fused-ring (bicyclic) bond motifs is 3. The number of aliphatic hydroxyl groups excluding tert-OH is 1. The second-order valence-corrected chi connectivity index (χ2v) is 9.79. The number of aliphatic hydroxyl groups is 1. The van der Waals surface area contributed by atoms with Crippen LogP contribution >= 0.6 is 0 Å². The predicted octanol–water partition coefficient (Wildman–Crippen LogP) is 6.08. The smallest absolute Gasteiger partial charge is 0.381 e. The van der Waals surface area contributed by atoms with Crippen molar-refractivity contribution in [2.75, 3.05) is 0 Å². The maximum atomic E-state index is 14.2. The van der Waals surface area contributed by atoms with E-state index in [4.69, 9.17) is 9.05 Å². The Morgan fingerprint density at radius 3 is 2.45 bits per heavy atom. The topological polar surface area (TPSA) is 113 Å². The number of benzene rings is 2. The van der Waals surface area contributed by atoms with E-state index in [0.717, 1.165) is 5.56 Å². The maximum absolute atomic E-state index is 14.2. The first kappa shape index (κ1) is 24.1. The van der Waals surface area contributed by atoms with Crippen LogP contribution in [0, 0.1) is 16.7 Å². The van der Waals surface area contributed by atoms with Crippen molar-refractivity contribution in [3.05, 3.63) is 70.8 Å². The van der Waals surface area contributed by atoms with Gasteiger partial charge in [0, 0.05) is 23.1 Å². The van der Waals surface area contributed by atoms with Gasteiger partial charge in [-0.05, 0) is 36.8 Å². The van der Waals surface area contributed by atoms with Gasteiger partial charge in [-0.3, -0.25) is 4.79 Å². The van der Waals surface area contributed by atoms with Gasteiger partial charge in [-0.25, -0.2) is 0 Å². The molecular formula is C28H20F3N3O4. The molecule has 1 N–H and O–H groups in total. The Morgan fingerprint density at radius 1 is 1.05 bits per heavy atom. The van der Waals surface area contributed by atoms with E-state index in [1.807, 2.05) is 0 Å². The Kier molecular flexibility index (Phi) is 5.50. The van der Waals surface area contributed by atoms with E-state index < -0.39 is 40.5 Å². The van der Waals surface area contributed by atoms with Gasteiger partial charge in [-0.1, -0.05) is 58.8 Å². The summed E-state index contributed by atoms with van der Waals surface area (Å²) in [6, 6.07) is 15.0. The third-order valence-corrected chi connectivity index (χ3v) is 7.27. The van der Waals surface area contributed by atoms with E-state index in [9.17, 15) is 28.3 Å². The molecule has 0 aliphatic heterocycles. The van der Waals surface area contributed by atoms with Crippen LogP contribution in [0.15, 0.2) is 57.6 Å². The first-order valence-electron chi connectivity index (χ1n) is 12.1. The average molecular weight is 519 g/mol. The fourth-order valence-corrected chi connectivity index (χ4v) is 5.01. The molecule has 2 heterocycles. The lowest BCUT2D eigenvalue weighted by Crippen LogP contribution is -2.17. The number of carbonyl (C=O) groups is 1. The predicted molar refractivity (Wildman–Crippen MR) is 127 cm³/mol. The molecule has 6 rings (SSSR count). The molecule has 1 atom stereocenters. The third-order valence-electron chi connectivity index (χ3n) is 7.27. The Balaban J connectivity index is 1.34. The standard InChI is InChI=1S/C28H20F3N3O4/c29-28(30,31)21-23(34-37-25(21)15-4-2-1-3-5-15)26-19-9-6-16-12-17(7-8-18(16)22(19)33-38-26)24(36)20(35)13-27(14-32)10-11-27/h1-5,7-8,12,24,36H,6,9-11,13H2/t24-/m1/s1. The van der Waals surface area contributed by atoms with Crippen molar-refractivity contribution in [2.24, 2.45) is 5.41 Å². The van der Waals surface area contributed by atoms with Gasteiger partial charge < -0.3 is 14.2 Å². The van der Waals surface area contributed by atoms with Crippen LogP contribution in [-0.2, 0) is 23.8 Å². The number of halogens is 3. The zero-order valence-corrected chi connectivity index (χ0v) is 19.9. The van der Waals surface area contributed by atoms with Gasteiger partial charge in [0.15, 0.2) is 23.0 Å². The van der Waals surface area contributed by atoms with Crippen LogP contribution in [0.25, 0.3) is 34.0 Å². The summed E-state index contributed by atoms with van der Waals surface area (Å²) in [7, 11) is 0. The highest BCUT2D eigenvalue weighted by molar-refractivity contribution is 5.86. The van der Waals surface area contributed by atoms with Gasteiger partial charge in [-0.2, -0.15) is 18.4 Å². The molecule has 0 bridgehead atoms. The summed E-state index contributed by atoms with van der Waals surface area (Å²) in [5, 5.41) is 27.7. The molecule has 10 heteroatoms. The molecule has 38 heavy (non-hydrogen) atoms. The van der Waals surface area contributed by atoms with Crippen molar-refractivity contribution in [3.63, 3.8) is 0 Å². The Bertz CT molecular complexity index is 1590. The molecule has 0 spiro atoms. The van der Waals surface area contributed by atoms with E-state index in [1.54, 1.807) is 36.4 Å². The molecule has 2 aliphatic carbocycles. The Hall–Kier alpha value is -4.23. The first-order valence-corrected chi connectivity index (χ1v) is 12.1. The number of ketones is 1. The highest BCUT2D eigenvalue weighted by Crippen LogP contribution is 2.49. The van der Waals surface area contributed by atoms with Crippen LogP contribution in [0.3, 0.4) is 0 Å². The summed E-state index contributed by atoms with van der Waals surface area (Å²) in [4.78, 5) is 12.6. The van der Waals surface area contributed by atoms with Crippen molar-refractivity contribution in [1.29, 1.82) is 5.26 Å². The Morgan fingerprint density at radius 2 is 1.76 bits per heavy atom. The molecule has 0 radical (unpaired) electrons. The number of carbonyl (C=O) groups excluding carboxylic acids is 1. The second kappa shape index (κ2) is 8.67. The maximum Gasteiger partial charge on any atom is 0.422 e. The zero-order chi connectivity index (χ0) is 26.7. The number of Topliss-reactive ketones (excluding diaryl/α,β-unsaturated/α-hetero) is 1. The minimum absolute atomic E-state index is 0.00273. The summed E-state index contributed by atoms with van der Waals surface area (Å²) in [5.74, 6) is -0.916. The second-order valence-electron chi connectivity index (χ2n) is 9.79. The number of rotatable bonds is 6. The fourth-order valence-electron chi connectivity index (χ4n) is 5.01. The highest BCUT2D eigenvalue weighted by Gasteiger charge is 2.46. The van der Waals surface area contributed by atoms with E-state index in [-0.39, 0.29) is 17.7 Å². The molecule has 0 saturated heterocycles. The molecular weight excluding hydrogens is 499 g/mol. The molecule has 2 aliphatic rings. The number of aromatic nitrogens is 2. The molecule has 1 saturated carbocycles. The summed E-state index contributed by atoms with van der Waals surface area (Å²) in [5.41, 5.74) is 0.768. The van der Waals surface area contributed by atoms with Crippen LogP contribution in [0.2, 0.25) is 0 Å². The quantitative estimate of drug-likeness (QED) is 0.329. The lowest BCUT2D eigenvalue weighted by atomic mass is 9.85. The fraction of sp³-hybridized carbons (Fsp3) is 0.286. The number of aryl methyl sites for hydroxylation is 1. The van der Waals surface area contributed by atoms with Crippen LogP contribution in [0.5, 0.6) is 0 Å². The highest BCUT2D eigenvalue weighted by atomic mass is 19.4. The molecule has 0 amide bonds. The minimum atomic E-state index is -4.76. The minimum Gasteiger partial charge on any atom is -0.381 e. The molecule has 0 unspecified atom stereocenters. The molecule has 2 aromatic carbocycles. The largest absolute Gasteiger partial charge is 0.422 e. The van der Waals surface area contributed by atoms with Gasteiger partial charge in [0.05, 0.1) is 11.5 Å². The SMILES string of the molecule is N#CC1(CC(=O)[C@H](O)c2ccc3c(c2)CCc2c-3noc2-c2noc(-c3ccccc3)c2C(F)(F)F)CC1. The van der Waals surface area contributed by atoms with E-state index >= 15 is 0 Å². The van der Waals surface area contributed by atoms with E-state index in [1.165, 1.54) is 12.1 Å². The van der Waals surface area contributed by atoms with Gasteiger partial charge in [0.25, 0.3) is 0 Å². The number of hydrogen-bond acceptors (Lipinski definition) is 7.